The van der Waals surface area contributed by atoms with Gasteiger partial charge in [-0.3, -0.25) is 4.79 Å². The summed E-state index contributed by atoms with van der Waals surface area (Å²) in [5.74, 6) is 2.15. The Morgan fingerprint density at radius 3 is 2.17 bits per heavy atom. The third kappa shape index (κ3) is 6.55. The van der Waals surface area contributed by atoms with Gasteiger partial charge in [-0.05, 0) is 60.2 Å². The number of thioether (sulfide) groups is 1. The average Bonchev–Trinajstić information content (AvgIpc) is 3.35. The molecule has 0 unspecified atom stereocenters. The van der Waals surface area contributed by atoms with Crippen LogP contribution in [0.3, 0.4) is 0 Å². The predicted molar refractivity (Wildman–Crippen MR) is 142 cm³/mol. The highest BCUT2D eigenvalue weighted by Gasteiger charge is 2.15. The molecule has 0 saturated heterocycles. The summed E-state index contributed by atoms with van der Waals surface area (Å²) < 4.78 is 10.6. The molecule has 0 spiro atoms. The molecule has 6 nitrogen and oxygen atoms in total. The van der Waals surface area contributed by atoms with Crippen LogP contribution in [0, 0.1) is 0 Å². The first kappa shape index (κ1) is 24.2. The Morgan fingerprint density at radius 2 is 1.54 bits per heavy atom. The highest BCUT2D eigenvalue weighted by molar-refractivity contribution is 7.99. The molecule has 0 aliphatic rings. The van der Waals surface area contributed by atoms with Gasteiger partial charge in [0.15, 0.2) is 5.16 Å². The van der Waals surface area contributed by atoms with Crippen LogP contribution in [0.5, 0.6) is 11.5 Å². The summed E-state index contributed by atoms with van der Waals surface area (Å²) in [6.07, 6.45) is 3.35. The minimum atomic E-state index is -0.119. The van der Waals surface area contributed by atoms with E-state index >= 15 is 0 Å². The lowest BCUT2D eigenvalue weighted by molar-refractivity contribution is -0.116. The van der Waals surface area contributed by atoms with Crippen molar-refractivity contribution in [3.63, 3.8) is 0 Å². The Hall–Kier alpha value is -3.97. The number of rotatable bonds is 10. The van der Waals surface area contributed by atoms with E-state index in [-0.39, 0.29) is 5.91 Å². The van der Waals surface area contributed by atoms with E-state index in [1.54, 1.807) is 38.1 Å². The molecule has 4 rings (SSSR count). The van der Waals surface area contributed by atoms with Gasteiger partial charge in [0.1, 0.15) is 11.5 Å². The summed E-state index contributed by atoms with van der Waals surface area (Å²) in [5, 5.41) is 3.70. The summed E-state index contributed by atoms with van der Waals surface area (Å²) in [6, 6.07) is 25.5. The maximum Gasteiger partial charge on any atom is 0.244 e. The fourth-order valence-corrected chi connectivity index (χ4v) is 4.19. The first-order chi connectivity index (χ1) is 17.2. The van der Waals surface area contributed by atoms with E-state index in [1.807, 2.05) is 78.9 Å². The van der Waals surface area contributed by atoms with Crippen LogP contribution in [0.4, 0.5) is 0 Å². The second-order valence-electron chi connectivity index (χ2n) is 7.61. The molecule has 1 aromatic heterocycles. The number of amides is 1. The molecule has 35 heavy (non-hydrogen) atoms. The molecule has 2 N–H and O–H groups in total. The number of nitrogens with zero attached hydrogens (tertiary/aromatic N) is 1. The van der Waals surface area contributed by atoms with Gasteiger partial charge in [-0.1, -0.05) is 42.1 Å². The molecule has 0 bridgehead atoms. The van der Waals surface area contributed by atoms with E-state index in [4.69, 9.17) is 14.5 Å². The second-order valence-corrected chi connectivity index (χ2v) is 8.69. The fraction of sp³-hybridized carbons (Fsp3) is 0.143. The van der Waals surface area contributed by atoms with E-state index in [0.29, 0.717) is 12.3 Å². The van der Waals surface area contributed by atoms with Gasteiger partial charge in [0.25, 0.3) is 0 Å². The lowest BCUT2D eigenvalue weighted by atomic mass is 10.0. The minimum absolute atomic E-state index is 0.119. The predicted octanol–water partition coefficient (Wildman–Crippen LogP) is 5.68. The summed E-state index contributed by atoms with van der Waals surface area (Å²) in [7, 11) is 3.30. The molecule has 4 aromatic rings. The van der Waals surface area contributed by atoms with Gasteiger partial charge in [0.2, 0.25) is 5.91 Å². The van der Waals surface area contributed by atoms with Crippen molar-refractivity contribution in [2.45, 2.75) is 5.16 Å². The van der Waals surface area contributed by atoms with Gasteiger partial charge in [-0.25, -0.2) is 4.98 Å². The van der Waals surface area contributed by atoms with E-state index in [9.17, 15) is 4.79 Å². The van der Waals surface area contributed by atoms with Crippen LogP contribution in [0.1, 0.15) is 5.56 Å². The Labute approximate surface area is 209 Å². The van der Waals surface area contributed by atoms with Crippen molar-refractivity contribution in [3.8, 4) is 34.0 Å². The number of imidazole rings is 1. The van der Waals surface area contributed by atoms with Crippen molar-refractivity contribution < 1.29 is 14.3 Å². The monoisotopic (exact) mass is 485 g/mol. The fourth-order valence-electron chi connectivity index (χ4n) is 3.46. The van der Waals surface area contributed by atoms with Crippen molar-refractivity contribution in [1.82, 2.24) is 15.3 Å². The quantitative estimate of drug-likeness (QED) is 0.172. The first-order valence-corrected chi connectivity index (χ1v) is 12.2. The number of hydrogen-bond acceptors (Lipinski definition) is 5. The Bertz CT molecular complexity index is 1200. The molecule has 1 heterocycles. The molecule has 0 radical (unpaired) electrons. The maximum absolute atomic E-state index is 12.1. The molecule has 0 fully saturated rings. The number of methoxy groups -OCH3 is 2. The van der Waals surface area contributed by atoms with Crippen LogP contribution in [0.2, 0.25) is 0 Å². The number of H-pyrrole nitrogens is 1. The third-order valence-electron chi connectivity index (χ3n) is 5.29. The van der Waals surface area contributed by atoms with Crippen molar-refractivity contribution >= 4 is 23.7 Å². The van der Waals surface area contributed by atoms with Crippen molar-refractivity contribution in [1.29, 1.82) is 0 Å². The van der Waals surface area contributed by atoms with Crippen LogP contribution >= 0.6 is 11.8 Å². The molecule has 178 valence electrons. The van der Waals surface area contributed by atoms with Crippen LogP contribution in [-0.4, -0.2) is 42.4 Å². The molecule has 7 heteroatoms. The van der Waals surface area contributed by atoms with Crippen LogP contribution in [0.15, 0.2) is 90.1 Å². The van der Waals surface area contributed by atoms with Crippen LogP contribution < -0.4 is 14.8 Å². The summed E-state index contributed by atoms with van der Waals surface area (Å²) in [5.41, 5.74) is 4.77. The summed E-state index contributed by atoms with van der Waals surface area (Å²) >= 11 is 1.56. The summed E-state index contributed by atoms with van der Waals surface area (Å²) in [4.78, 5) is 20.4. The number of aromatic amines is 1. The van der Waals surface area contributed by atoms with Gasteiger partial charge >= 0.3 is 0 Å². The van der Waals surface area contributed by atoms with Gasteiger partial charge in [-0.2, -0.15) is 0 Å². The van der Waals surface area contributed by atoms with Crippen LogP contribution in [-0.2, 0) is 4.79 Å². The van der Waals surface area contributed by atoms with Crippen molar-refractivity contribution in [2.24, 2.45) is 0 Å². The lowest BCUT2D eigenvalue weighted by Crippen LogP contribution is -2.23. The molecular formula is C28H27N3O3S. The maximum atomic E-state index is 12.1. The molecule has 3 aromatic carbocycles. The number of hydrogen-bond donors (Lipinski definition) is 2. The lowest BCUT2D eigenvalue weighted by Gasteiger charge is -2.06. The molecule has 0 saturated carbocycles. The van der Waals surface area contributed by atoms with Gasteiger partial charge in [-0.15, -0.1) is 0 Å². The van der Waals surface area contributed by atoms with Crippen molar-refractivity contribution in [2.75, 3.05) is 26.5 Å². The number of ether oxygens (including phenoxy) is 2. The standard InChI is InChI=1S/C28H27N3O3S/c1-33-23-13-9-21(10-14-23)26-27(22-11-15-24(34-2)16-12-22)31-28(30-26)35-19-18-29-25(32)17-8-20-6-4-3-5-7-20/h3-17H,18-19H2,1-2H3,(H,29,32)(H,30,31). The summed E-state index contributed by atoms with van der Waals surface area (Å²) in [6.45, 7) is 0.527. The number of benzene rings is 3. The number of nitrogens with one attached hydrogen (secondary N) is 2. The smallest absolute Gasteiger partial charge is 0.244 e. The number of aromatic nitrogens is 2. The normalized spacial score (nSPS) is 10.9. The zero-order valence-corrected chi connectivity index (χ0v) is 20.5. The Morgan fingerprint density at radius 1 is 0.914 bits per heavy atom. The van der Waals surface area contributed by atoms with Gasteiger partial charge < -0.3 is 19.8 Å². The number of carbonyl (C=O) groups excluding carboxylic acids is 1. The third-order valence-corrected chi connectivity index (χ3v) is 6.17. The molecule has 0 aliphatic heterocycles. The molecular weight excluding hydrogens is 458 g/mol. The average molecular weight is 486 g/mol. The van der Waals surface area contributed by atoms with E-state index in [0.717, 1.165) is 44.7 Å². The first-order valence-electron chi connectivity index (χ1n) is 11.2. The second kappa shape index (κ2) is 11.9. The zero-order chi connectivity index (χ0) is 24.5. The highest BCUT2D eigenvalue weighted by atomic mass is 32.2. The molecule has 0 atom stereocenters. The number of carbonyl (C=O) groups is 1. The molecule has 1 amide bonds. The topological polar surface area (TPSA) is 76.2 Å². The van der Waals surface area contributed by atoms with E-state index in [1.165, 1.54) is 0 Å². The van der Waals surface area contributed by atoms with Gasteiger partial charge in [0, 0.05) is 29.5 Å². The van der Waals surface area contributed by atoms with E-state index in [2.05, 4.69) is 10.3 Å². The minimum Gasteiger partial charge on any atom is -0.497 e. The van der Waals surface area contributed by atoms with Crippen molar-refractivity contribution in [3.05, 3.63) is 90.5 Å². The van der Waals surface area contributed by atoms with Crippen LogP contribution in [0.25, 0.3) is 28.6 Å². The Balaban J connectivity index is 1.44. The van der Waals surface area contributed by atoms with Gasteiger partial charge in [0.05, 0.1) is 25.6 Å². The largest absolute Gasteiger partial charge is 0.497 e. The molecule has 0 aliphatic carbocycles. The zero-order valence-electron chi connectivity index (χ0n) is 19.7. The SMILES string of the molecule is COc1ccc(-c2nc(SCCNC(=O)C=Cc3ccccc3)[nH]c2-c2ccc(OC)cc2)cc1. The highest BCUT2D eigenvalue weighted by Crippen LogP contribution is 2.34. The Kier molecular flexibility index (Phi) is 8.25. The van der Waals surface area contributed by atoms with E-state index < -0.39 is 0 Å².